The van der Waals surface area contributed by atoms with E-state index in [-0.39, 0.29) is 24.2 Å². The van der Waals surface area contributed by atoms with Crippen LogP contribution < -0.4 is 0 Å². The second-order valence-electron chi connectivity index (χ2n) is 6.05. The summed E-state index contributed by atoms with van der Waals surface area (Å²) < 4.78 is 62.9. The van der Waals surface area contributed by atoms with Gasteiger partial charge in [0.2, 0.25) is 6.29 Å². The molecule has 1 heterocycles. The van der Waals surface area contributed by atoms with Gasteiger partial charge in [-0.2, -0.15) is 8.42 Å². The Morgan fingerprint density at radius 1 is 1.00 bits per heavy atom. The first-order valence-electron chi connectivity index (χ1n) is 8.43. The van der Waals surface area contributed by atoms with E-state index < -0.39 is 34.7 Å². The van der Waals surface area contributed by atoms with Crippen molar-refractivity contribution >= 4 is 10.1 Å². The van der Waals surface area contributed by atoms with Crippen LogP contribution in [0, 0.1) is 6.92 Å². The minimum Gasteiger partial charge on any atom is -0.464 e. The van der Waals surface area contributed by atoms with Gasteiger partial charge >= 0.3 is 0 Å². The molecule has 0 unspecified atom stereocenters. The van der Waals surface area contributed by atoms with Crippen molar-refractivity contribution in [3.8, 4) is 0 Å². The maximum absolute atomic E-state index is 12.8. The SMILES string of the molecule is C=C1O[C@H](OC)[C@H](OS(=O)(=O)c2ccc(C)cc2)[C@@H](OCOC)[C@@H]1OCOC. The summed E-state index contributed by atoms with van der Waals surface area (Å²) in [5, 5.41) is 0. The highest BCUT2D eigenvalue weighted by molar-refractivity contribution is 7.86. The lowest BCUT2D eigenvalue weighted by Crippen LogP contribution is -2.56. The van der Waals surface area contributed by atoms with Crippen molar-refractivity contribution in [3.63, 3.8) is 0 Å². The molecule has 0 spiro atoms. The first-order chi connectivity index (χ1) is 13.3. The highest BCUT2D eigenvalue weighted by Gasteiger charge is 2.48. The molecule has 0 saturated carbocycles. The Labute approximate surface area is 165 Å². The van der Waals surface area contributed by atoms with Gasteiger partial charge in [-0.15, -0.1) is 0 Å². The van der Waals surface area contributed by atoms with Crippen LogP contribution in [0.25, 0.3) is 0 Å². The predicted molar refractivity (Wildman–Crippen MR) is 97.8 cm³/mol. The van der Waals surface area contributed by atoms with Crippen LogP contribution in [0.1, 0.15) is 5.56 Å². The van der Waals surface area contributed by atoms with Crippen LogP contribution in [0.15, 0.2) is 41.5 Å². The van der Waals surface area contributed by atoms with Crippen molar-refractivity contribution in [2.75, 3.05) is 34.9 Å². The molecule has 0 amide bonds. The molecule has 1 aromatic rings. The fourth-order valence-corrected chi connectivity index (χ4v) is 3.71. The van der Waals surface area contributed by atoms with E-state index in [1.54, 1.807) is 12.1 Å². The van der Waals surface area contributed by atoms with E-state index in [9.17, 15) is 8.42 Å². The van der Waals surface area contributed by atoms with Gasteiger partial charge in [-0.25, -0.2) is 0 Å². The van der Waals surface area contributed by atoms with Crippen LogP contribution >= 0.6 is 0 Å². The highest BCUT2D eigenvalue weighted by atomic mass is 32.2. The zero-order valence-electron chi connectivity index (χ0n) is 16.3. The molecule has 1 aliphatic heterocycles. The number of hydrogen-bond acceptors (Lipinski definition) is 9. The molecule has 10 heteroatoms. The standard InChI is InChI=1S/C18H26O9S/c1-12-6-8-14(9-7-12)28(19,20)27-17-16(25-11-22-4)15(24-10-21-3)13(2)26-18(17)23-5/h6-9,15-18H,2,10-11H2,1,3-5H3/t15-,16+,17-,18+/m1/s1. The lowest BCUT2D eigenvalue weighted by atomic mass is 10.0. The number of hydrogen-bond donors (Lipinski definition) is 0. The quantitative estimate of drug-likeness (QED) is 0.414. The number of benzene rings is 1. The first-order valence-corrected chi connectivity index (χ1v) is 9.84. The van der Waals surface area contributed by atoms with Gasteiger partial charge in [0.25, 0.3) is 10.1 Å². The number of ether oxygens (including phenoxy) is 6. The second kappa shape index (κ2) is 10.3. The lowest BCUT2D eigenvalue weighted by molar-refractivity contribution is -0.264. The molecule has 1 aromatic carbocycles. The Balaban J connectivity index is 2.33. The van der Waals surface area contributed by atoms with E-state index >= 15 is 0 Å². The minimum atomic E-state index is -4.14. The van der Waals surface area contributed by atoms with Gasteiger partial charge in [-0.3, -0.25) is 4.18 Å². The summed E-state index contributed by atoms with van der Waals surface area (Å²) in [5.74, 6) is 0.192. The van der Waals surface area contributed by atoms with E-state index in [1.807, 2.05) is 6.92 Å². The minimum absolute atomic E-state index is 0.00259. The van der Waals surface area contributed by atoms with Gasteiger partial charge in [0, 0.05) is 21.3 Å². The normalized spacial score (nSPS) is 25.5. The molecule has 2 rings (SSSR count). The zero-order valence-corrected chi connectivity index (χ0v) is 17.1. The molecule has 158 valence electrons. The van der Waals surface area contributed by atoms with Gasteiger partial charge in [0.05, 0.1) is 4.90 Å². The van der Waals surface area contributed by atoms with Gasteiger partial charge in [-0.1, -0.05) is 24.3 Å². The summed E-state index contributed by atoms with van der Waals surface area (Å²) in [5.41, 5.74) is 0.917. The largest absolute Gasteiger partial charge is 0.464 e. The smallest absolute Gasteiger partial charge is 0.297 e. The zero-order chi connectivity index (χ0) is 20.7. The van der Waals surface area contributed by atoms with Crippen molar-refractivity contribution in [3.05, 3.63) is 42.2 Å². The summed E-state index contributed by atoms with van der Waals surface area (Å²) in [6, 6.07) is 6.26. The molecule has 0 aliphatic carbocycles. The van der Waals surface area contributed by atoms with Gasteiger partial charge in [0.1, 0.15) is 31.6 Å². The lowest BCUT2D eigenvalue weighted by Gasteiger charge is -2.41. The molecule has 0 radical (unpaired) electrons. The van der Waals surface area contributed by atoms with E-state index in [0.717, 1.165) is 5.56 Å². The summed E-state index contributed by atoms with van der Waals surface area (Å²) in [7, 11) is 0.107. The molecule has 1 saturated heterocycles. The van der Waals surface area contributed by atoms with Crippen LogP contribution in [-0.4, -0.2) is 67.9 Å². The Kier molecular flexibility index (Phi) is 8.38. The van der Waals surface area contributed by atoms with E-state index in [0.29, 0.717) is 0 Å². The fraction of sp³-hybridized carbons (Fsp3) is 0.556. The summed E-state index contributed by atoms with van der Waals surface area (Å²) in [4.78, 5) is -0.00259. The van der Waals surface area contributed by atoms with Crippen molar-refractivity contribution in [1.29, 1.82) is 0 Å². The van der Waals surface area contributed by atoms with Gasteiger partial charge in [-0.05, 0) is 19.1 Å². The van der Waals surface area contributed by atoms with Crippen LogP contribution in [0.4, 0.5) is 0 Å². The summed E-state index contributed by atoms with van der Waals surface area (Å²) in [6.45, 7) is 5.43. The van der Waals surface area contributed by atoms with Crippen LogP contribution in [-0.2, 0) is 42.7 Å². The molecule has 28 heavy (non-hydrogen) atoms. The summed E-state index contributed by atoms with van der Waals surface area (Å²) in [6.07, 6.45) is -4.07. The molecule has 4 atom stereocenters. The first kappa shape index (κ1) is 22.8. The van der Waals surface area contributed by atoms with Gasteiger partial charge in [0.15, 0.2) is 6.10 Å². The molecule has 0 aromatic heterocycles. The average molecular weight is 418 g/mol. The second-order valence-corrected chi connectivity index (χ2v) is 7.62. The Morgan fingerprint density at radius 2 is 1.61 bits per heavy atom. The van der Waals surface area contributed by atoms with Gasteiger partial charge < -0.3 is 28.4 Å². The van der Waals surface area contributed by atoms with Crippen LogP contribution in [0.5, 0.6) is 0 Å². The molecule has 1 fully saturated rings. The van der Waals surface area contributed by atoms with Crippen molar-refractivity contribution in [2.24, 2.45) is 0 Å². The van der Waals surface area contributed by atoms with Crippen LogP contribution in [0.3, 0.4) is 0 Å². The summed E-state index contributed by atoms with van der Waals surface area (Å²) >= 11 is 0. The number of aryl methyl sites for hydroxylation is 1. The fourth-order valence-electron chi connectivity index (χ4n) is 2.64. The van der Waals surface area contributed by atoms with Crippen LogP contribution in [0.2, 0.25) is 0 Å². The number of methoxy groups -OCH3 is 3. The molecule has 0 N–H and O–H groups in total. The van der Waals surface area contributed by atoms with E-state index in [4.69, 9.17) is 32.6 Å². The maximum atomic E-state index is 12.8. The average Bonchev–Trinajstić information content (AvgIpc) is 2.67. The Bertz CT molecular complexity index is 732. The Morgan fingerprint density at radius 3 is 2.18 bits per heavy atom. The molecule has 0 bridgehead atoms. The molecule has 9 nitrogen and oxygen atoms in total. The van der Waals surface area contributed by atoms with Crippen molar-refractivity contribution < 1.29 is 41.0 Å². The predicted octanol–water partition coefficient (Wildman–Crippen LogP) is 1.56. The topological polar surface area (TPSA) is 98.8 Å². The third-order valence-corrected chi connectivity index (χ3v) is 5.32. The Hall–Kier alpha value is -1.53. The molecular weight excluding hydrogens is 392 g/mol. The third kappa shape index (κ3) is 5.51. The monoisotopic (exact) mass is 418 g/mol. The van der Waals surface area contributed by atoms with Crippen molar-refractivity contribution in [1.82, 2.24) is 0 Å². The molecule has 1 aliphatic rings. The number of rotatable bonds is 10. The molecular formula is C18H26O9S. The van der Waals surface area contributed by atoms with Crippen molar-refractivity contribution in [2.45, 2.75) is 36.4 Å². The highest BCUT2D eigenvalue weighted by Crippen LogP contribution is 2.32. The maximum Gasteiger partial charge on any atom is 0.297 e. The van der Waals surface area contributed by atoms with E-state index in [1.165, 1.54) is 33.5 Å². The third-order valence-electron chi connectivity index (χ3n) is 4.00. The van der Waals surface area contributed by atoms with E-state index in [2.05, 4.69) is 6.58 Å².